The van der Waals surface area contributed by atoms with Gasteiger partial charge < -0.3 is 10.4 Å². The number of phenols is 1. The lowest BCUT2D eigenvalue weighted by molar-refractivity contribution is -0.384. The molecule has 0 fully saturated rings. The van der Waals surface area contributed by atoms with Crippen LogP contribution >= 0.6 is 11.8 Å². The van der Waals surface area contributed by atoms with Crippen molar-refractivity contribution >= 4 is 40.1 Å². The predicted molar refractivity (Wildman–Crippen MR) is 138 cm³/mol. The van der Waals surface area contributed by atoms with Gasteiger partial charge in [-0.15, -0.1) is 26.8 Å². The van der Waals surface area contributed by atoms with E-state index in [9.17, 15) is 20.0 Å². The summed E-state index contributed by atoms with van der Waals surface area (Å²) in [6.45, 7) is 0. The van der Waals surface area contributed by atoms with Gasteiger partial charge in [-0.2, -0.15) is 0 Å². The Bertz CT molecular complexity index is 1570. The zero-order valence-corrected chi connectivity index (χ0v) is 19.6. The van der Waals surface area contributed by atoms with E-state index in [0.29, 0.717) is 22.4 Å². The number of anilines is 1. The highest BCUT2D eigenvalue weighted by molar-refractivity contribution is 7.98. The maximum atomic E-state index is 12.5. The Morgan fingerprint density at radius 2 is 1.69 bits per heavy atom. The number of amides is 1. The van der Waals surface area contributed by atoms with Crippen LogP contribution in [0.1, 0.15) is 15.9 Å². The number of hydrogen-bond donors (Lipinski definition) is 2. The SMILES string of the molecule is O=C(Nc1ccc(-n2nc3ccc(SCc4ccccc4)cc3n2)c(O)c1)c1ccc([N+](=O)[O-])cc1. The van der Waals surface area contributed by atoms with E-state index in [1.54, 1.807) is 23.9 Å². The van der Waals surface area contributed by atoms with Crippen molar-refractivity contribution in [3.05, 3.63) is 112 Å². The molecule has 0 spiro atoms. The highest BCUT2D eigenvalue weighted by Gasteiger charge is 2.13. The van der Waals surface area contributed by atoms with Crippen LogP contribution in [-0.2, 0) is 5.75 Å². The number of benzene rings is 4. The fraction of sp³-hybridized carbons (Fsp3) is 0.0385. The van der Waals surface area contributed by atoms with Crippen LogP contribution in [0.3, 0.4) is 0 Å². The molecule has 0 aliphatic heterocycles. The molecule has 0 aliphatic rings. The van der Waals surface area contributed by atoms with Gasteiger partial charge in [0.05, 0.1) is 4.92 Å². The number of carbonyl (C=O) groups is 1. The number of nitro benzene ring substituents is 1. The van der Waals surface area contributed by atoms with Crippen molar-refractivity contribution in [2.45, 2.75) is 10.6 Å². The van der Waals surface area contributed by atoms with Crippen molar-refractivity contribution in [3.8, 4) is 11.4 Å². The number of non-ortho nitro benzene ring substituents is 1. The minimum atomic E-state index is -0.532. The van der Waals surface area contributed by atoms with Gasteiger partial charge in [-0.25, -0.2) is 0 Å². The average molecular weight is 498 g/mol. The van der Waals surface area contributed by atoms with Gasteiger partial charge in [0.15, 0.2) is 0 Å². The molecule has 0 atom stereocenters. The van der Waals surface area contributed by atoms with Crippen LogP contribution in [0.25, 0.3) is 16.7 Å². The Hall–Kier alpha value is -4.70. The molecule has 0 radical (unpaired) electrons. The second kappa shape index (κ2) is 9.88. The summed E-state index contributed by atoms with van der Waals surface area (Å²) in [7, 11) is 0. The number of nitrogens with one attached hydrogen (secondary N) is 1. The Morgan fingerprint density at radius 3 is 2.42 bits per heavy atom. The molecule has 10 heteroatoms. The second-order valence-electron chi connectivity index (χ2n) is 7.88. The van der Waals surface area contributed by atoms with E-state index < -0.39 is 10.8 Å². The van der Waals surface area contributed by atoms with E-state index in [0.717, 1.165) is 10.6 Å². The minimum Gasteiger partial charge on any atom is -0.506 e. The molecule has 1 aromatic heterocycles. The third kappa shape index (κ3) is 5.03. The first-order valence-electron chi connectivity index (χ1n) is 10.9. The van der Waals surface area contributed by atoms with Crippen LogP contribution < -0.4 is 5.32 Å². The molecule has 2 N–H and O–H groups in total. The molecule has 0 saturated carbocycles. The number of hydrogen-bond acceptors (Lipinski definition) is 7. The van der Waals surface area contributed by atoms with Crippen molar-refractivity contribution < 1.29 is 14.8 Å². The lowest BCUT2D eigenvalue weighted by atomic mass is 10.2. The third-order valence-electron chi connectivity index (χ3n) is 5.39. The van der Waals surface area contributed by atoms with E-state index in [1.807, 2.05) is 36.4 Å². The first-order chi connectivity index (χ1) is 17.5. The monoisotopic (exact) mass is 497 g/mol. The number of fused-ring (bicyclic) bond motifs is 1. The van der Waals surface area contributed by atoms with Crippen molar-refractivity contribution in [1.29, 1.82) is 0 Å². The summed E-state index contributed by atoms with van der Waals surface area (Å²) in [5, 5.41) is 33.0. The topological polar surface area (TPSA) is 123 Å². The summed E-state index contributed by atoms with van der Waals surface area (Å²) < 4.78 is 0. The highest BCUT2D eigenvalue weighted by Crippen LogP contribution is 2.28. The molecule has 0 bridgehead atoms. The number of carbonyl (C=O) groups excluding carboxylic acids is 1. The molecule has 0 aliphatic carbocycles. The Labute approximate surface area is 209 Å². The number of nitrogens with zero attached hydrogens (tertiary/aromatic N) is 4. The highest BCUT2D eigenvalue weighted by atomic mass is 32.2. The number of thioether (sulfide) groups is 1. The van der Waals surface area contributed by atoms with Crippen molar-refractivity contribution in [1.82, 2.24) is 15.0 Å². The fourth-order valence-electron chi connectivity index (χ4n) is 3.54. The van der Waals surface area contributed by atoms with Gasteiger partial charge in [0, 0.05) is 40.1 Å². The van der Waals surface area contributed by atoms with Crippen LogP contribution in [0, 0.1) is 10.1 Å². The van der Waals surface area contributed by atoms with Crippen LogP contribution in [0.4, 0.5) is 11.4 Å². The number of nitro groups is 1. The van der Waals surface area contributed by atoms with Gasteiger partial charge in [0.1, 0.15) is 22.5 Å². The summed E-state index contributed by atoms with van der Waals surface area (Å²) in [5.74, 6) is 0.268. The Balaban J connectivity index is 1.30. The van der Waals surface area contributed by atoms with Crippen LogP contribution in [0.2, 0.25) is 0 Å². The van der Waals surface area contributed by atoms with Crippen molar-refractivity contribution in [2.24, 2.45) is 0 Å². The van der Waals surface area contributed by atoms with E-state index in [-0.39, 0.29) is 17.0 Å². The third-order valence-corrected chi connectivity index (χ3v) is 6.45. The molecule has 4 aromatic carbocycles. The van der Waals surface area contributed by atoms with E-state index in [1.165, 1.54) is 40.7 Å². The fourth-order valence-corrected chi connectivity index (χ4v) is 4.43. The van der Waals surface area contributed by atoms with Crippen LogP contribution in [-0.4, -0.2) is 30.9 Å². The van der Waals surface area contributed by atoms with Gasteiger partial charge in [0.2, 0.25) is 0 Å². The Morgan fingerprint density at radius 1 is 0.944 bits per heavy atom. The maximum Gasteiger partial charge on any atom is 0.269 e. The number of aromatic nitrogens is 3. The normalized spacial score (nSPS) is 10.9. The summed E-state index contributed by atoms with van der Waals surface area (Å²) in [5.41, 5.74) is 3.49. The molecule has 0 saturated heterocycles. The van der Waals surface area contributed by atoms with Crippen LogP contribution in [0.15, 0.2) is 95.9 Å². The largest absolute Gasteiger partial charge is 0.506 e. The Kier molecular flexibility index (Phi) is 6.33. The molecule has 0 unspecified atom stereocenters. The molecular weight excluding hydrogens is 478 g/mol. The molecule has 36 heavy (non-hydrogen) atoms. The molecule has 5 rings (SSSR count). The average Bonchev–Trinajstić information content (AvgIpc) is 3.31. The summed E-state index contributed by atoms with van der Waals surface area (Å²) in [6, 6.07) is 25.9. The molecule has 5 aromatic rings. The van der Waals surface area contributed by atoms with E-state index in [4.69, 9.17) is 0 Å². The van der Waals surface area contributed by atoms with E-state index >= 15 is 0 Å². The number of aromatic hydroxyl groups is 1. The molecular formula is C26H19N5O4S. The van der Waals surface area contributed by atoms with Crippen LogP contribution in [0.5, 0.6) is 5.75 Å². The molecule has 1 heterocycles. The standard InChI is InChI=1S/C26H19N5O4S/c32-25-14-19(27-26(33)18-6-9-20(10-7-18)31(34)35)8-13-24(25)30-28-22-12-11-21(15-23(22)29-30)36-16-17-4-2-1-3-5-17/h1-15,32H,16H2,(H,27,33). The predicted octanol–water partition coefficient (Wildman–Crippen LogP) is 5.58. The lowest BCUT2D eigenvalue weighted by Crippen LogP contribution is -2.12. The summed E-state index contributed by atoms with van der Waals surface area (Å²) >= 11 is 1.70. The van der Waals surface area contributed by atoms with Gasteiger partial charge >= 0.3 is 0 Å². The summed E-state index contributed by atoms with van der Waals surface area (Å²) in [4.78, 5) is 25.1. The second-order valence-corrected chi connectivity index (χ2v) is 8.92. The number of rotatable bonds is 7. The zero-order chi connectivity index (χ0) is 25.1. The first kappa shape index (κ1) is 23.1. The molecule has 9 nitrogen and oxygen atoms in total. The quantitative estimate of drug-likeness (QED) is 0.171. The summed E-state index contributed by atoms with van der Waals surface area (Å²) in [6.07, 6.45) is 0. The number of phenolic OH excluding ortho intramolecular Hbond substituents is 1. The maximum absolute atomic E-state index is 12.5. The van der Waals surface area contributed by atoms with Crippen molar-refractivity contribution in [2.75, 3.05) is 5.32 Å². The van der Waals surface area contributed by atoms with Gasteiger partial charge in [0.25, 0.3) is 11.6 Å². The van der Waals surface area contributed by atoms with Gasteiger partial charge in [-0.05, 0) is 48.0 Å². The molecule has 1 amide bonds. The van der Waals surface area contributed by atoms with Gasteiger partial charge in [-0.3, -0.25) is 14.9 Å². The lowest BCUT2D eigenvalue weighted by Gasteiger charge is -2.08. The smallest absolute Gasteiger partial charge is 0.269 e. The van der Waals surface area contributed by atoms with Crippen molar-refractivity contribution in [3.63, 3.8) is 0 Å². The zero-order valence-electron chi connectivity index (χ0n) is 18.7. The van der Waals surface area contributed by atoms with Gasteiger partial charge in [-0.1, -0.05) is 30.3 Å². The first-order valence-corrected chi connectivity index (χ1v) is 11.9. The minimum absolute atomic E-state index is 0.102. The molecule has 178 valence electrons. The van der Waals surface area contributed by atoms with E-state index in [2.05, 4.69) is 27.6 Å².